The molecular weight excluding hydrogens is 274 g/mol. The van der Waals surface area contributed by atoms with E-state index < -0.39 is 0 Å². The molecule has 2 aromatic rings. The molecule has 3 heteroatoms. The minimum atomic E-state index is 0.352. The normalized spacial score (nSPS) is 16.8. The Hall–Kier alpha value is -2.00. The van der Waals surface area contributed by atoms with Crippen molar-refractivity contribution < 1.29 is 9.47 Å². The van der Waals surface area contributed by atoms with Crippen LogP contribution in [-0.4, -0.2) is 13.7 Å². The van der Waals surface area contributed by atoms with Gasteiger partial charge in [0, 0.05) is 24.6 Å². The van der Waals surface area contributed by atoms with Gasteiger partial charge in [0.1, 0.15) is 11.5 Å². The van der Waals surface area contributed by atoms with Gasteiger partial charge in [0.2, 0.25) is 0 Å². The summed E-state index contributed by atoms with van der Waals surface area (Å²) in [6, 6.07) is 12.9. The summed E-state index contributed by atoms with van der Waals surface area (Å²) >= 11 is 0. The molecule has 0 amide bonds. The van der Waals surface area contributed by atoms with Gasteiger partial charge >= 0.3 is 0 Å². The van der Waals surface area contributed by atoms with Gasteiger partial charge in [0.25, 0.3) is 0 Å². The Bertz CT molecular complexity index is 649. The summed E-state index contributed by atoms with van der Waals surface area (Å²) < 4.78 is 11.1. The molecule has 2 aromatic carbocycles. The smallest absolute Gasteiger partial charge is 0.127 e. The maximum Gasteiger partial charge on any atom is 0.127 e. The Kier molecular flexibility index (Phi) is 4.34. The van der Waals surface area contributed by atoms with E-state index in [1.54, 1.807) is 7.11 Å². The van der Waals surface area contributed by atoms with E-state index in [0.717, 1.165) is 31.1 Å². The van der Waals surface area contributed by atoms with Gasteiger partial charge in [0.15, 0.2) is 0 Å². The van der Waals surface area contributed by atoms with Crippen molar-refractivity contribution in [1.82, 2.24) is 5.32 Å². The van der Waals surface area contributed by atoms with Crippen LogP contribution in [0, 0.1) is 13.8 Å². The Balaban J connectivity index is 1.73. The first kappa shape index (κ1) is 14.9. The molecule has 3 rings (SSSR count). The van der Waals surface area contributed by atoms with Crippen LogP contribution in [0.2, 0.25) is 0 Å². The van der Waals surface area contributed by atoms with Gasteiger partial charge in [-0.3, -0.25) is 0 Å². The van der Waals surface area contributed by atoms with Crippen molar-refractivity contribution >= 4 is 0 Å². The van der Waals surface area contributed by atoms with E-state index in [9.17, 15) is 0 Å². The van der Waals surface area contributed by atoms with Gasteiger partial charge in [-0.25, -0.2) is 0 Å². The van der Waals surface area contributed by atoms with E-state index in [4.69, 9.17) is 9.47 Å². The molecular formula is C19H23NO2. The molecule has 0 saturated heterocycles. The van der Waals surface area contributed by atoms with E-state index in [0.29, 0.717) is 6.04 Å². The van der Waals surface area contributed by atoms with Crippen LogP contribution >= 0.6 is 0 Å². The van der Waals surface area contributed by atoms with Crippen LogP contribution in [0.25, 0.3) is 0 Å². The zero-order valence-corrected chi connectivity index (χ0v) is 13.5. The largest absolute Gasteiger partial charge is 0.497 e. The number of fused-ring (bicyclic) bond motifs is 1. The molecule has 1 atom stereocenters. The predicted octanol–water partition coefficient (Wildman–Crippen LogP) is 3.93. The Morgan fingerprint density at radius 1 is 1.14 bits per heavy atom. The summed E-state index contributed by atoms with van der Waals surface area (Å²) in [5.74, 6) is 1.96. The number of benzene rings is 2. The highest BCUT2D eigenvalue weighted by atomic mass is 16.5. The number of hydrogen-bond acceptors (Lipinski definition) is 3. The monoisotopic (exact) mass is 297 g/mol. The molecule has 0 fully saturated rings. The average molecular weight is 297 g/mol. The van der Waals surface area contributed by atoms with E-state index in [2.05, 4.69) is 43.4 Å². The zero-order valence-electron chi connectivity index (χ0n) is 13.5. The maximum atomic E-state index is 5.89. The first-order valence-corrected chi connectivity index (χ1v) is 7.78. The molecule has 0 spiro atoms. The SMILES string of the molecule is COc1ccc(CNC2CCOc3c2ccc(C)c3C)cc1. The number of aryl methyl sites for hydroxylation is 1. The van der Waals surface area contributed by atoms with Crippen molar-refractivity contribution in [2.45, 2.75) is 32.9 Å². The fraction of sp³-hybridized carbons (Fsp3) is 0.368. The third kappa shape index (κ3) is 2.95. The minimum absolute atomic E-state index is 0.352. The standard InChI is InChI=1S/C19H23NO2/c1-13-4-9-17-18(10-11-22-19(17)14(13)2)20-12-15-5-7-16(21-3)8-6-15/h4-9,18,20H,10-12H2,1-3H3. The van der Waals surface area contributed by atoms with Crippen LogP contribution in [0.1, 0.15) is 34.7 Å². The van der Waals surface area contributed by atoms with Gasteiger partial charge in [-0.1, -0.05) is 24.3 Å². The first-order chi connectivity index (χ1) is 10.7. The van der Waals surface area contributed by atoms with Crippen molar-refractivity contribution in [3.63, 3.8) is 0 Å². The quantitative estimate of drug-likeness (QED) is 0.927. The second-order valence-corrected chi connectivity index (χ2v) is 5.84. The van der Waals surface area contributed by atoms with Crippen molar-refractivity contribution in [3.05, 3.63) is 58.7 Å². The fourth-order valence-electron chi connectivity index (χ4n) is 2.91. The summed E-state index contributed by atoms with van der Waals surface area (Å²) in [6.07, 6.45) is 1.01. The topological polar surface area (TPSA) is 30.5 Å². The van der Waals surface area contributed by atoms with E-state index >= 15 is 0 Å². The average Bonchev–Trinajstić information content (AvgIpc) is 2.57. The predicted molar refractivity (Wildman–Crippen MR) is 88.6 cm³/mol. The molecule has 3 nitrogen and oxygen atoms in total. The Morgan fingerprint density at radius 3 is 2.64 bits per heavy atom. The van der Waals surface area contributed by atoms with Crippen molar-refractivity contribution in [2.75, 3.05) is 13.7 Å². The van der Waals surface area contributed by atoms with Crippen molar-refractivity contribution in [1.29, 1.82) is 0 Å². The molecule has 0 aliphatic carbocycles. The lowest BCUT2D eigenvalue weighted by Gasteiger charge is -2.28. The lowest BCUT2D eigenvalue weighted by atomic mass is 9.95. The third-order valence-electron chi connectivity index (χ3n) is 4.45. The van der Waals surface area contributed by atoms with Gasteiger partial charge in [0.05, 0.1) is 13.7 Å². The number of rotatable bonds is 4. The van der Waals surface area contributed by atoms with Gasteiger partial charge in [-0.15, -0.1) is 0 Å². The lowest BCUT2D eigenvalue weighted by molar-refractivity contribution is 0.250. The number of methoxy groups -OCH3 is 1. The Morgan fingerprint density at radius 2 is 1.91 bits per heavy atom. The first-order valence-electron chi connectivity index (χ1n) is 7.78. The summed E-state index contributed by atoms with van der Waals surface area (Å²) in [4.78, 5) is 0. The summed E-state index contributed by atoms with van der Waals surface area (Å²) in [6.45, 7) is 5.89. The molecule has 0 aromatic heterocycles. The fourth-order valence-corrected chi connectivity index (χ4v) is 2.91. The number of hydrogen-bond donors (Lipinski definition) is 1. The molecule has 1 heterocycles. The molecule has 0 bridgehead atoms. The molecule has 1 N–H and O–H groups in total. The lowest BCUT2D eigenvalue weighted by Crippen LogP contribution is -2.27. The third-order valence-corrected chi connectivity index (χ3v) is 4.45. The molecule has 0 radical (unpaired) electrons. The van der Waals surface area contributed by atoms with Crippen molar-refractivity contribution in [3.8, 4) is 11.5 Å². The summed E-state index contributed by atoms with van der Waals surface area (Å²) in [5, 5.41) is 3.66. The highest BCUT2D eigenvalue weighted by Crippen LogP contribution is 2.36. The van der Waals surface area contributed by atoms with Crippen LogP contribution < -0.4 is 14.8 Å². The molecule has 1 aliphatic heterocycles. The van der Waals surface area contributed by atoms with Gasteiger partial charge in [-0.2, -0.15) is 0 Å². The molecule has 1 aliphatic rings. The minimum Gasteiger partial charge on any atom is -0.497 e. The second-order valence-electron chi connectivity index (χ2n) is 5.84. The van der Waals surface area contributed by atoms with Crippen LogP contribution in [0.5, 0.6) is 11.5 Å². The van der Waals surface area contributed by atoms with Crippen molar-refractivity contribution in [2.24, 2.45) is 0 Å². The maximum absolute atomic E-state index is 5.89. The highest BCUT2D eigenvalue weighted by Gasteiger charge is 2.22. The molecule has 116 valence electrons. The summed E-state index contributed by atoms with van der Waals surface area (Å²) in [7, 11) is 1.69. The van der Waals surface area contributed by atoms with Crippen LogP contribution in [-0.2, 0) is 6.54 Å². The van der Waals surface area contributed by atoms with Crippen LogP contribution in [0.3, 0.4) is 0 Å². The zero-order chi connectivity index (χ0) is 15.5. The number of ether oxygens (including phenoxy) is 2. The molecule has 22 heavy (non-hydrogen) atoms. The van der Waals surface area contributed by atoms with E-state index in [-0.39, 0.29) is 0 Å². The second kappa shape index (κ2) is 6.41. The number of nitrogens with one attached hydrogen (secondary N) is 1. The van der Waals surface area contributed by atoms with Gasteiger partial charge in [-0.05, 0) is 42.7 Å². The highest BCUT2D eigenvalue weighted by molar-refractivity contribution is 5.47. The van der Waals surface area contributed by atoms with Gasteiger partial charge < -0.3 is 14.8 Å². The Labute approximate surface area is 132 Å². The van der Waals surface area contributed by atoms with Crippen LogP contribution in [0.4, 0.5) is 0 Å². The summed E-state index contributed by atoms with van der Waals surface area (Å²) in [5.41, 5.74) is 5.09. The molecule has 0 saturated carbocycles. The van der Waals surface area contributed by atoms with E-state index in [1.807, 2.05) is 12.1 Å². The van der Waals surface area contributed by atoms with Crippen LogP contribution in [0.15, 0.2) is 36.4 Å². The molecule has 1 unspecified atom stereocenters. The van der Waals surface area contributed by atoms with E-state index in [1.165, 1.54) is 22.3 Å².